The van der Waals surface area contributed by atoms with E-state index in [1.54, 1.807) is 18.2 Å². The van der Waals surface area contributed by atoms with Crippen LogP contribution in [-0.2, 0) is 14.3 Å². The van der Waals surface area contributed by atoms with Gasteiger partial charge >= 0.3 is 11.9 Å². The average Bonchev–Trinajstić information content (AvgIpc) is 3.15. The van der Waals surface area contributed by atoms with Gasteiger partial charge in [-0.2, -0.15) is 0 Å². The van der Waals surface area contributed by atoms with Crippen molar-refractivity contribution in [1.29, 1.82) is 0 Å². The lowest BCUT2D eigenvalue weighted by Gasteiger charge is -2.08. The second kappa shape index (κ2) is 9.41. The van der Waals surface area contributed by atoms with Crippen molar-refractivity contribution in [2.75, 3.05) is 6.79 Å². The molecule has 1 atom stereocenters. The molecule has 1 heterocycles. The predicted octanol–water partition coefficient (Wildman–Crippen LogP) is 4.51. The van der Waals surface area contributed by atoms with Gasteiger partial charge in [-0.05, 0) is 35.4 Å². The molecule has 3 rings (SSSR count). The molecular formula is C21H17IO6. The maximum atomic E-state index is 11.9. The van der Waals surface area contributed by atoms with E-state index < -0.39 is 11.9 Å². The Morgan fingerprint density at radius 3 is 2.64 bits per heavy atom. The number of aliphatic hydroxyl groups excluding tert-OH is 1. The third-order valence-corrected chi connectivity index (χ3v) is 4.98. The Hall–Kier alpha value is -2.81. The van der Waals surface area contributed by atoms with Crippen molar-refractivity contribution >= 4 is 40.6 Å². The van der Waals surface area contributed by atoms with Crippen LogP contribution in [0.25, 0.3) is 6.08 Å². The summed E-state index contributed by atoms with van der Waals surface area (Å²) in [6.07, 6.45) is 3.69. The Kier molecular flexibility index (Phi) is 6.70. The first-order valence-corrected chi connectivity index (χ1v) is 9.68. The second-order valence-electron chi connectivity index (χ2n) is 5.89. The summed E-state index contributed by atoms with van der Waals surface area (Å²) in [5.41, 5.74) is 1.65. The topological polar surface area (TPSA) is 82.1 Å². The Bertz CT molecular complexity index is 920. The van der Waals surface area contributed by atoms with Gasteiger partial charge in [-0.1, -0.05) is 59.0 Å². The molecule has 28 heavy (non-hydrogen) atoms. The van der Waals surface area contributed by atoms with Gasteiger partial charge in [-0.25, -0.2) is 4.79 Å². The fraction of sp³-hybridized carbons (Fsp3) is 0.143. The molecule has 0 saturated carbocycles. The number of carbonyl (C=O) groups is 2. The molecule has 1 N–H and O–H groups in total. The second-order valence-corrected chi connectivity index (χ2v) is 7.39. The number of rotatable bonds is 6. The quantitative estimate of drug-likeness (QED) is 0.122. The molecule has 1 aliphatic heterocycles. The van der Waals surface area contributed by atoms with Gasteiger partial charge in [0.2, 0.25) is 6.79 Å². The Morgan fingerprint density at radius 1 is 1.11 bits per heavy atom. The van der Waals surface area contributed by atoms with E-state index in [4.69, 9.17) is 14.2 Å². The van der Waals surface area contributed by atoms with Crippen LogP contribution >= 0.6 is 22.6 Å². The molecule has 0 spiro atoms. The molecular weight excluding hydrogens is 475 g/mol. The highest BCUT2D eigenvalue weighted by molar-refractivity contribution is 14.1. The van der Waals surface area contributed by atoms with Crippen LogP contribution in [0.5, 0.6) is 11.5 Å². The van der Waals surface area contributed by atoms with Gasteiger partial charge in [0.25, 0.3) is 0 Å². The summed E-state index contributed by atoms with van der Waals surface area (Å²) >= 11 is 2.13. The highest BCUT2D eigenvalue weighted by Gasteiger charge is 2.16. The molecule has 2 aromatic rings. The van der Waals surface area contributed by atoms with Gasteiger partial charge in [0.1, 0.15) is 5.76 Å². The maximum absolute atomic E-state index is 11.9. The molecule has 2 aromatic carbocycles. The Balaban J connectivity index is 1.52. The van der Waals surface area contributed by atoms with E-state index in [-0.39, 0.29) is 22.9 Å². The molecule has 1 aliphatic rings. The van der Waals surface area contributed by atoms with Gasteiger partial charge in [0.05, 0.1) is 6.42 Å². The van der Waals surface area contributed by atoms with Gasteiger partial charge in [-0.15, -0.1) is 0 Å². The van der Waals surface area contributed by atoms with Gasteiger partial charge in [-0.3, -0.25) is 4.79 Å². The predicted molar refractivity (Wildman–Crippen MR) is 111 cm³/mol. The van der Waals surface area contributed by atoms with E-state index in [0.29, 0.717) is 17.1 Å². The third kappa shape index (κ3) is 5.59. The standard InChI is InChI=1S/C21H17IO6/c22-17(15-4-2-1-3-5-15)12-21(25)28-20(24)9-7-16(23)10-14-6-8-18-19(11-14)27-13-26-18/h1-11,17,23H,12-13H2. The number of carbonyl (C=O) groups excluding carboxylic acids is 2. The van der Waals surface area contributed by atoms with Crippen molar-refractivity contribution in [3.63, 3.8) is 0 Å². The fourth-order valence-corrected chi connectivity index (χ4v) is 3.26. The molecule has 6 nitrogen and oxygen atoms in total. The van der Waals surface area contributed by atoms with Crippen molar-refractivity contribution in [3.8, 4) is 11.5 Å². The van der Waals surface area contributed by atoms with E-state index in [2.05, 4.69) is 22.6 Å². The van der Waals surface area contributed by atoms with Gasteiger partial charge in [0, 0.05) is 10.0 Å². The molecule has 0 fully saturated rings. The number of allylic oxidation sites excluding steroid dienone is 1. The van der Waals surface area contributed by atoms with E-state index in [9.17, 15) is 14.7 Å². The molecule has 7 heteroatoms. The summed E-state index contributed by atoms with van der Waals surface area (Å²) in [5, 5.41) is 9.94. The highest BCUT2D eigenvalue weighted by Crippen LogP contribution is 2.33. The Morgan fingerprint density at radius 2 is 1.86 bits per heavy atom. The lowest BCUT2D eigenvalue weighted by molar-refractivity contribution is -0.156. The Labute approximate surface area is 175 Å². The van der Waals surface area contributed by atoms with E-state index in [1.807, 2.05) is 30.3 Å². The van der Waals surface area contributed by atoms with Crippen LogP contribution in [0.15, 0.2) is 66.4 Å². The first-order chi connectivity index (χ1) is 13.5. The lowest BCUT2D eigenvalue weighted by Crippen LogP contribution is -2.11. The molecule has 0 saturated heterocycles. The first-order valence-electron chi connectivity index (χ1n) is 8.43. The van der Waals surface area contributed by atoms with Crippen molar-refractivity contribution in [3.05, 3.63) is 77.6 Å². The zero-order valence-electron chi connectivity index (χ0n) is 14.7. The number of halogens is 1. The molecule has 0 amide bonds. The van der Waals surface area contributed by atoms with Crippen molar-refractivity contribution < 1.29 is 28.9 Å². The maximum Gasteiger partial charge on any atom is 0.338 e. The number of fused-ring (bicyclic) bond motifs is 1. The van der Waals surface area contributed by atoms with Crippen molar-refractivity contribution in [2.45, 2.75) is 10.3 Å². The zero-order chi connectivity index (χ0) is 19.9. The van der Waals surface area contributed by atoms with Crippen molar-refractivity contribution in [1.82, 2.24) is 0 Å². The highest BCUT2D eigenvalue weighted by atomic mass is 127. The van der Waals surface area contributed by atoms with Crippen LogP contribution in [0.3, 0.4) is 0 Å². The number of ether oxygens (including phenoxy) is 3. The normalized spacial score (nSPS) is 14.1. The molecule has 0 aliphatic carbocycles. The number of benzene rings is 2. The van der Waals surface area contributed by atoms with Gasteiger partial charge in [0.15, 0.2) is 11.5 Å². The van der Waals surface area contributed by atoms with Crippen LogP contribution in [0.2, 0.25) is 0 Å². The number of esters is 2. The largest absolute Gasteiger partial charge is 0.508 e. The SMILES string of the molecule is O=C(C=CC(O)=Cc1ccc2c(c1)OCO2)OC(=O)CC(I)c1ccccc1. The number of alkyl halides is 1. The fourth-order valence-electron chi connectivity index (χ4n) is 2.49. The lowest BCUT2D eigenvalue weighted by atomic mass is 10.1. The van der Waals surface area contributed by atoms with Crippen LogP contribution in [0, 0.1) is 0 Å². The minimum Gasteiger partial charge on any atom is -0.508 e. The van der Waals surface area contributed by atoms with E-state index in [1.165, 1.54) is 12.2 Å². The van der Waals surface area contributed by atoms with Crippen LogP contribution < -0.4 is 9.47 Å². The summed E-state index contributed by atoms with van der Waals surface area (Å²) in [7, 11) is 0. The number of aliphatic hydroxyl groups is 1. The average molecular weight is 492 g/mol. The zero-order valence-corrected chi connectivity index (χ0v) is 16.9. The minimum absolute atomic E-state index is 0.0726. The number of hydrogen-bond donors (Lipinski definition) is 1. The van der Waals surface area contributed by atoms with Crippen LogP contribution in [-0.4, -0.2) is 23.8 Å². The minimum atomic E-state index is -0.840. The molecule has 0 aromatic heterocycles. The summed E-state index contributed by atoms with van der Waals surface area (Å²) in [4.78, 5) is 23.7. The van der Waals surface area contributed by atoms with E-state index >= 15 is 0 Å². The smallest absolute Gasteiger partial charge is 0.338 e. The van der Waals surface area contributed by atoms with E-state index in [0.717, 1.165) is 11.6 Å². The summed E-state index contributed by atoms with van der Waals surface area (Å²) in [6, 6.07) is 14.7. The first kappa shape index (κ1) is 19.9. The summed E-state index contributed by atoms with van der Waals surface area (Å²) in [5.74, 6) is -0.413. The number of hydrogen-bond acceptors (Lipinski definition) is 6. The molecule has 0 radical (unpaired) electrons. The monoisotopic (exact) mass is 492 g/mol. The van der Waals surface area contributed by atoms with Gasteiger partial charge < -0.3 is 19.3 Å². The third-order valence-electron chi connectivity index (χ3n) is 3.82. The summed E-state index contributed by atoms with van der Waals surface area (Å²) < 4.78 is 15.1. The molecule has 1 unspecified atom stereocenters. The molecule has 0 bridgehead atoms. The summed E-state index contributed by atoms with van der Waals surface area (Å²) in [6.45, 7) is 0.163. The van der Waals surface area contributed by atoms with Crippen molar-refractivity contribution in [2.24, 2.45) is 0 Å². The van der Waals surface area contributed by atoms with Crippen LogP contribution in [0.4, 0.5) is 0 Å². The molecule has 144 valence electrons. The van der Waals surface area contributed by atoms with Crippen LogP contribution in [0.1, 0.15) is 21.5 Å².